The van der Waals surface area contributed by atoms with Gasteiger partial charge in [-0.15, -0.1) is 11.3 Å². The molecule has 0 aliphatic carbocycles. The molecule has 5 nitrogen and oxygen atoms in total. The SMILES string of the molecule is O=C(NCCO)Nc1nc(Cc2ccccc2)cs1. The molecule has 0 atom stereocenters. The number of rotatable bonds is 5. The topological polar surface area (TPSA) is 74.2 Å². The first-order valence-electron chi connectivity index (χ1n) is 5.92. The number of aliphatic hydroxyl groups is 1. The Labute approximate surface area is 115 Å². The molecule has 0 spiro atoms. The summed E-state index contributed by atoms with van der Waals surface area (Å²) in [7, 11) is 0. The summed E-state index contributed by atoms with van der Waals surface area (Å²) in [6.07, 6.45) is 0.747. The average Bonchev–Trinajstić information content (AvgIpc) is 2.85. The fourth-order valence-electron chi connectivity index (χ4n) is 1.56. The van der Waals surface area contributed by atoms with Gasteiger partial charge < -0.3 is 10.4 Å². The van der Waals surface area contributed by atoms with E-state index in [4.69, 9.17) is 5.11 Å². The molecule has 0 unspecified atom stereocenters. The molecule has 2 rings (SSSR count). The third-order valence-corrected chi connectivity index (χ3v) is 3.20. The highest BCUT2D eigenvalue weighted by atomic mass is 32.1. The number of carbonyl (C=O) groups excluding carboxylic acids is 1. The van der Waals surface area contributed by atoms with E-state index in [1.54, 1.807) is 0 Å². The number of hydrogen-bond acceptors (Lipinski definition) is 4. The van der Waals surface area contributed by atoms with E-state index in [-0.39, 0.29) is 19.2 Å². The molecule has 0 fully saturated rings. The van der Waals surface area contributed by atoms with Crippen molar-refractivity contribution in [3.05, 3.63) is 47.0 Å². The van der Waals surface area contributed by atoms with Gasteiger partial charge in [0, 0.05) is 18.3 Å². The Morgan fingerprint density at radius 2 is 2.11 bits per heavy atom. The van der Waals surface area contributed by atoms with E-state index in [1.807, 2.05) is 35.7 Å². The first kappa shape index (κ1) is 13.5. The standard InChI is InChI=1S/C13H15N3O2S/c17-7-6-14-12(18)16-13-15-11(9-19-13)8-10-4-2-1-3-5-10/h1-5,9,17H,6-8H2,(H2,14,15,16,18). The molecule has 2 amide bonds. The van der Waals surface area contributed by atoms with Gasteiger partial charge in [-0.05, 0) is 5.56 Å². The minimum absolute atomic E-state index is 0.0788. The van der Waals surface area contributed by atoms with E-state index in [9.17, 15) is 4.79 Å². The summed E-state index contributed by atoms with van der Waals surface area (Å²) in [4.78, 5) is 15.7. The second-order valence-electron chi connectivity index (χ2n) is 3.91. The molecule has 0 radical (unpaired) electrons. The van der Waals surface area contributed by atoms with Gasteiger partial charge in [0.1, 0.15) is 0 Å². The molecule has 0 aliphatic rings. The molecule has 2 aromatic rings. The van der Waals surface area contributed by atoms with E-state index in [0.29, 0.717) is 5.13 Å². The smallest absolute Gasteiger partial charge is 0.321 e. The molecule has 0 aliphatic heterocycles. The van der Waals surface area contributed by atoms with Crippen LogP contribution in [0.2, 0.25) is 0 Å². The summed E-state index contributed by atoms with van der Waals surface area (Å²) in [6.45, 7) is 0.151. The number of aromatic nitrogens is 1. The second kappa shape index (κ2) is 6.86. The number of hydrogen-bond donors (Lipinski definition) is 3. The Morgan fingerprint density at radius 3 is 2.84 bits per heavy atom. The number of urea groups is 1. The Morgan fingerprint density at radius 1 is 1.32 bits per heavy atom. The van der Waals surface area contributed by atoms with Crippen LogP contribution in [0.1, 0.15) is 11.3 Å². The zero-order chi connectivity index (χ0) is 13.5. The highest BCUT2D eigenvalue weighted by Crippen LogP contribution is 2.17. The Balaban J connectivity index is 1.90. The molecule has 0 saturated heterocycles. The largest absolute Gasteiger partial charge is 0.395 e. The van der Waals surface area contributed by atoms with Gasteiger partial charge in [0.05, 0.1) is 12.3 Å². The van der Waals surface area contributed by atoms with Crippen LogP contribution in [0.5, 0.6) is 0 Å². The van der Waals surface area contributed by atoms with Crippen molar-refractivity contribution in [2.24, 2.45) is 0 Å². The lowest BCUT2D eigenvalue weighted by molar-refractivity contribution is 0.245. The zero-order valence-corrected chi connectivity index (χ0v) is 11.1. The molecule has 1 heterocycles. The van der Waals surface area contributed by atoms with Crippen LogP contribution < -0.4 is 10.6 Å². The van der Waals surface area contributed by atoms with Crippen molar-refractivity contribution in [3.8, 4) is 0 Å². The van der Waals surface area contributed by atoms with Gasteiger partial charge in [0.15, 0.2) is 5.13 Å². The maximum absolute atomic E-state index is 11.4. The van der Waals surface area contributed by atoms with Gasteiger partial charge in [-0.1, -0.05) is 30.3 Å². The third-order valence-electron chi connectivity index (χ3n) is 2.40. The second-order valence-corrected chi connectivity index (χ2v) is 4.77. The molecule has 0 saturated carbocycles. The van der Waals surface area contributed by atoms with Gasteiger partial charge in [0.2, 0.25) is 0 Å². The number of nitrogens with zero attached hydrogens (tertiary/aromatic N) is 1. The predicted octanol–water partition coefficient (Wildman–Crippen LogP) is 1.85. The van der Waals surface area contributed by atoms with Gasteiger partial charge in [-0.3, -0.25) is 5.32 Å². The molecule has 1 aromatic heterocycles. The fourth-order valence-corrected chi connectivity index (χ4v) is 2.27. The highest BCUT2D eigenvalue weighted by Gasteiger charge is 2.06. The monoisotopic (exact) mass is 277 g/mol. The quantitative estimate of drug-likeness (QED) is 0.780. The van der Waals surface area contributed by atoms with Crippen molar-refractivity contribution in [3.63, 3.8) is 0 Å². The lowest BCUT2D eigenvalue weighted by atomic mass is 10.1. The van der Waals surface area contributed by atoms with Gasteiger partial charge >= 0.3 is 6.03 Å². The van der Waals surface area contributed by atoms with Crippen molar-refractivity contribution >= 4 is 22.5 Å². The molecule has 3 N–H and O–H groups in total. The number of thiazole rings is 1. The van der Waals surface area contributed by atoms with Crippen LogP contribution in [0.3, 0.4) is 0 Å². The summed E-state index contributed by atoms with van der Waals surface area (Å²) in [6, 6.07) is 9.69. The highest BCUT2D eigenvalue weighted by molar-refractivity contribution is 7.13. The Hall–Kier alpha value is -1.92. The number of anilines is 1. The van der Waals surface area contributed by atoms with Gasteiger partial charge in [-0.25, -0.2) is 9.78 Å². The molecule has 19 heavy (non-hydrogen) atoms. The lowest BCUT2D eigenvalue weighted by Crippen LogP contribution is -2.30. The normalized spacial score (nSPS) is 10.2. The van der Waals surface area contributed by atoms with E-state index in [1.165, 1.54) is 16.9 Å². The van der Waals surface area contributed by atoms with Gasteiger partial charge in [0.25, 0.3) is 0 Å². The molecular formula is C13H15N3O2S. The van der Waals surface area contributed by atoms with E-state index >= 15 is 0 Å². The van der Waals surface area contributed by atoms with Gasteiger partial charge in [-0.2, -0.15) is 0 Å². The van der Waals surface area contributed by atoms with Crippen LogP contribution in [0.4, 0.5) is 9.93 Å². The fraction of sp³-hybridized carbons (Fsp3) is 0.231. The first-order chi connectivity index (χ1) is 9.28. The molecular weight excluding hydrogens is 262 g/mol. The van der Waals surface area contributed by atoms with Crippen LogP contribution >= 0.6 is 11.3 Å². The average molecular weight is 277 g/mol. The number of amides is 2. The van der Waals surface area contributed by atoms with Crippen LogP contribution in [0.15, 0.2) is 35.7 Å². The van der Waals surface area contributed by atoms with Crippen LogP contribution in [0, 0.1) is 0 Å². The lowest BCUT2D eigenvalue weighted by Gasteiger charge is -2.02. The van der Waals surface area contributed by atoms with Crippen molar-refractivity contribution in [1.82, 2.24) is 10.3 Å². The number of benzene rings is 1. The van der Waals surface area contributed by atoms with Crippen LogP contribution in [-0.4, -0.2) is 29.3 Å². The molecule has 0 bridgehead atoms. The van der Waals surface area contributed by atoms with E-state index in [2.05, 4.69) is 15.6 Å². The minimum atomic E-state index is -0.352. The van der Waals surface area contributed by atoms with Crippen molar-refractivity contribution in [2.45, 2.75) is 6.42 Å². The van der Waals surface area contributed by atoms with E-state index < -0.39 is 0 Å². The Kier molecular flexibility index (Phi) is 4.88. The minimum Gasteiger partial charge on any atom is -0.395 e. The summed E-state index contributed by atoms with van der Waals surface area (Å²) in [5, 5.41) is 16.2. The maximum atomic E-state index is 11.4. The number of nitrogens with one attached hydrogen (secondary N) is 2. The summed E-state index contributed by atoms with van der Waals surface area (Å²) in [5.41, 5.74) is 2.11. The van der Waals surface area contributed by atoms with Crippen molar-refractivity contribution in [1.29, 1.82) is 0 Å². The number of aliphatic hydroxyl groups excluding tert-OH is 1. The van der Waals surface area contributed by atoms with Crippen LogP contribution in [-0.2, 0) is 6.42 Å². The summed E-state index contributed by atoms with van der Waals surface area (Å²) in [5.74, 6) is 0. The third kappa shape index (κ3) is 4.35. The summed E-state index contributed by atoms with van der Waals surface area (Å²) >= 11 is 1.39. The first-order valence-corrected chi connectivity index (χ1v) is 6.80. The van der Waals surface area contributed by atoms with Crippen molar-refractivity contribution < 1.29 is 9.90 Å². The van der Waals surface area contributed by atoms with E-state index in [0.717, 1.165) is 12.1 Å². The maximum Gasteiger partial charge on any atom is 0.321 e. The van der Waals surface area contributed by atoms with Crippen molar-refractivity contribution in [2.75, 3.05) is 18.5 Å². The predicted molar refractivity (Wildman–Crippen MR) is 75.5 cm³/mol. The number of carbonyl (C=O) groups is 1. The molecule has 100 valence electrons. The molecule has 6 heteroatoms. The summed E-state index contributed by atoms with van der Waals surface area (Å²) < 4.78 is 0. The Bertz CT molecular complexity index is 528. The zero-order valence-electron chi connectivity index (χ0n) is 10.3. The molecule has 1 aromatic carbocycles. The van der Waals surface area contributed by atoms with Crippen LogP contribution in [0.25, 0.3) is 0 Å².